The monoisotopic (exact) mass is 366 g/mol. The van der Waals surface area contributed by atoms with Gasteiger partial charge in [0.1, 0.15) is 5.56 Å². The number of hydrogen-bond acceptors (Lipinski definition) is 6. The molecule has 0 amide bonds. The highest BCUT2D eigenvalue weighted by Gasteiger charge is 2.20. The van der Waals surface area contributed by atoms with Gasteiger partial charge in [-0.3, -0.25) is 4.79 Å². The molecule has 0 aliphatic rings. The van der Waals surface area contributed by atoms with Crippen molar-refractivity contribution in [2.45, 2.75) is 26.3 Å². The molecule has 0 aliphatic carbocycles. The molecule has 0 spiro atoms. The minimum Gasteiger partial charge on any atom is -0.465 e. The summed E-state index contributed by atoms with van der Waals surface area (Å²) in [5.41, 5.74) is 2.69. The predicted molar refractivity (Wildman–Crippen MR) is 97.7 cm³/mol. The molecule has 0 bridgehead atoms. The van der Waals surface area contributed by atoms with Gasteiger partial charge in [0.15, 0.2) is 5.65 Å². The van der Waals surface area contributed by atoms with Gasteiger partial charge in [0.2, 0.25) is 0 Å². The molecule has 4 aromatic rings. The third kappa shape index (κ3) is 2.86. The fraction of sp³-hybridized carbons (Fsp3) is 0.278. The number of fused-ring (bicyclic) bond motifs is 3. The first kappa shape index (κ1) is 17.0. The number of H-pyrrole nitrogens is 1. The van der Waals surface area contributed by atoms with Crippen molar-refractivity contribution in [1.82, 2.24) is 29.1 Å². The van der Waals surface area contributed by atoms with Gasteiger partial charge in [0.05, 0.1) is 30.0 Å². The number of methoxy groups -OCH3 is 1. The number of esters is 1. The maximum absolute atomic E-state index is 12.8. The summed E-state index contributed by atoms with van der Waals surface area (Å²) in [6.07, 6.45) is 8.27. The van der Waals surface area contributed by atoms with Crippen LogP contribution in [0.4, 0.5) is 0 Å². The molecule has 9 nitrogen and oxygen atoms in total. The van der Waals surface area contributed by atoms with Crippen LogP contribution in [0.15, 0.2) is 35.8 Å². The summed E-state index contributed by atoms with van der Waals surface area (Å²) in [6.45, 7) is 2.29. The van der Waals surface area contributed by atoms with Crippen LogP contribution in [-0.2, 0) is 17.7 Å². The van der Waals surface area contributed by atoms with Crippen LogP contribution in [-0.4, -0.2) is 42.2 Å². The molecule has 0 atom stereocenters. The van der Waals surface area contributed by atoms with Crippen molar-refractivity contribution in [3.8, 4) is 0 Å². The summed E-state index contributed by atoms with van der Waals surface area (Å²) in [5.74, 6) is -0.499. The average molecular weight is 366 g/mol. The molecule has 0 radical (unpaired) electrons. The fourth-order valence-corrected chi connectivity index (χ4v) is 3.19. The second-order valence-electron chi connectivity index (χ2n) is 6.24. The maximum atomic E-state index is 12.8. The molecular formula is C18H18N6O3. The standard InChI is InChI=1S/C18H18N6O3/c1-11-15(18(26)27-2)16-20-9-13-14(24(16)22-11)5-7-23(17(13)25)6-3-4-12-8-19-10-21-12/h5,7-10H,3-4,6H2,1-2H3,(H,19,21). The number of aromatic nitrogens is 6. The van der Waals surface area contributed by atoms with Crippen LogP contribution in [0.3, 0.4) is 0 Å². The van der Waals surface area contributed by atoms with E-state index in [1.54, 1.807) is 30.2 Å². The molecule has 27 heavy (non-hydrogen) atoms. The van der Waals surface area contributed by atoms with Gasteiger partial charge in [-0.2, -0.15) is 5.10 Å². The van der Waals surface area contributed by atoms with E-state index in [1.807, 2.05) is 6.07 Å². The van der Waals surface area contributed by atoms with Crippen molar-refractivity contribution >= 4 is 22.5 Å². The molecule has 9 heteroatoms. The molecule has 0 fully saturated rings. The lowest BCUT2D eigenvalue weighted by Gasteiger charge is -2.07. The Balaban J connectivity index is 1.72. The number of imidazole rings is 1. The van der Waals surface area contributed by atoms with Crippen LogP contribution >= 0.6 is 0 Å². The molecule has 0 aliphatic heterocycles. The summed E-state index contributed by atoms with van der Waals surface area (Å²) >= 11 is 0. The van der Waals surface area contributed by atoms with E-state index >= 15 is 0 Å². The molecule has 1 N–H and O–H groups in total. The number of carbonyl (C=O) groups excluding carboxylic acids is 1. The molecule has 4 aromatic heterocycles. The van der Waals surface area contributed by atoms with E-state index in [2.05, 4.69) is 20.1 Å². The number of nitrogens with zero attached hydrogens (tertiary/aromatic N) is 5. The van der Waals surface area contributed by atoms with Crippen molar-refractivity contribution < 1.29 is 9.53 Å². The highest BCUT2D eigenvalue weighted by atomic mass is 16.5. The van der Waals surface area contributed by atoms with Crippen LogP contribution < -0.4 is 5.56 Å². The third-order valence-corrected chi connectivity index (χ3v) is 4.55. The largest absolute Gasteiger partial charge is 0.465 e. The number of carbonyl (C=O) groups is 1. The Morgan fingerprint density at radius 3 is 2.93 bits per heavy atom. The first-order chi connectivity index (χ1) is 13.1. The SMILES string of the molecule is COC(=O)c1c(C)nn2c1ncc1c(=O)n(CCCc3cnc[nH]3)ccc12. The van der Waals surface area contributed by atoms with Crippen LogP contribution in [0.2, 0.25) is 0 Å². The summed E-state index contributed by atoms with van der Waals surface area (Å²) in [5, 5.41) is 4.82. The van der Waals surface area contributed by atoms with Crippen molar-refractivity contribution in [3.05, 3.63) is 58.3 Å². The second-order valence-corrected chi connectivity index (χ2v) is 6.24. The first-order valence-corrected chi connectivity index (χ1v) is 8.53. The van der Waals surface area contributed by atoms with Gasteiger partial charge in [-0.25, -0.2) is 19.3 Å². The summed E-state index contributed by atoms with van der Waals surface area (Å²) in [7, 11) is 1.31. The van der Waals surface area contributed by atoms with E-state index in [0.29, 0.717) is 34.4 Å². The minimum atomic E-state index is -0.499. The van der Waals surface area contributed by atoms with Crippen LogP contribution in [0.1, 0.15) is 28.2 Å². The quantitative estimate of drug-likeness (QED) is 0.536. The van der Waals surface area contributed by atoms with E-state index in [4.69, 9.17) is 4.74 Å². The first-order valence-electron chi connectivity index (χ1n) is 8.53. The lowest BCUT2D eigenvalue weighted by molar-refractivity contribution is 0.0602. The van der Waals surface area contributed by atoms with E-state index in [1.165, 1.54) is 17.8 Å². The summed E-state index contributed by atoms with van der Waals surface area (Å²) < 4.78 is 7.99. The van der Waals surface area contributed by atoms with Gasteiger partial charge in [0.25, 0.3) is 5.56 Å². The van der Waals surface area contributed by atoms with Gasteiger partial charge >= 0.3 is 5.97 Å². The van der Waals surface area contributed by atoms with E-state index in [9.17, 15) is 9.59 Å². The zero-order valence-corrected chi connectivity index (χ0v) is 15.0. The van der Waals surface area contributed by atoms with Crippen LogP contribution in [0, 0.1) is 6.92 Å². The van der Waals surface area contributed by atoms with Crippen molar-refractivity contribution in [2.24, 2.45) is 0 Å². The molecule has 0 unspecified atom stereocenters. The van der Waals surface area contributed by atoms with Gasteiger partial charge in [-0.1, -0.05) is 0 Å². The van der Waals surface area contributed by atoms with Gasteiger partial charge in [-0.15, -0.1) is 0 Å². The Morgan fingerprint density at radius 2 is 2.19 bits per heavy atom. The average Bonchev–Trinajstić information content (AvgIpc) is 3.30. The zero-order chi connectivity index (χ0) is 19.0. The lowest BCUT2D eigenvalue weighted by Crippen LogP contribution is -2.21. The predicted octanol–water partition coefficient (Wildman–Crippen LogP) is 1.50. The van der Waals surface area contributed by atoms with E-state index in [-0.39, 0.29) is 5.56 Å². The lowest BCUT2D eigenvalue weighted by atomic mass is 10.2. The topological polar surface area (TPSA) is 107 Å². The fourth-order valence-electron chi connectivity index (χ4n) is 3.19. The van der Waals surface area contributed by atoms with Crippen LogP contribution in [0.25, 0.3) is 16.6 Å². The Labute approximate surface area is 153 Å². The Kier molecular flexibility index (Phi) is 4.19. The van der Waals surface area contributed by atoms with Gasteiger partial charge in [-0.05, 0) is 25.8 Å². The number of aryl methyl sites for hydroxylation is 3. The number of ether oxygens (including phenoxy) is 1. The summed E-state index contributed by atoms with van der Waals surface area (Å²) in [4.78, 5) is 36.1. The molecule has 4 heterocycles. The molecule has 0 saturated heterocycles. The number of hydrogen-bond donors (Lipinski definition) is 1. The summed E-state index contributed by atoms with van der Waals surface area (Å²) in [6, 6.07) is 1.81. The Hall–Kier alpha value is -3.49. The molecule has 0 aromatic carbocycles. The number of pyridine rings is 1. The molecule has 138 valence electrons. The van der Waals surface area contributed by atoms with E-state index in [0.717, 1.165) is 18.5 Å². The van der Waals surface area contributed by atoms with Crippen molar-refractivity contribution in [3.63, 3.8) is 0 Å². The Bertz CT molecular complexity index is 1190. The van der Waals surface area contributed by atoms with Gasteiger partial charge < -0.3 is 14.3 Å². The number of rotatable bonds is 5. The minimum absolute atomic E-state index is 0.140. The third-order valence-electron chi connectivity index (χ3n) is 4.55. The maximum Gasteiger partial charge on any atom is 0.343 e. The zero-order valence-electron chi connectivity index (χ0n) is 15.0. The molecule has 4 rings (SSSR count). The number of nitrogens with one attached hydrogen (secondary N) is 1. The van der Waals surface area contributed by atoms with Crippen LogP contribution in [0.5, 0.6) is 0 Å². The van der Waals surface area contributed by atoms with Crippen molar-refractivity contribution in [1.29, 1.82) is 0 Å². The second kappa shape index (κ2) is 6.67. The van der Waals surface area contributed by atoms with Crippen molar-refractivity contribution in [2.75, 3.05) is 7.11 Å². The smallest absolute Gasteiger partial charge is 0.343 e. The molecular weight excluding hydrogens is 348 g/mol. The highest BCUT2D eigenvalue weighted by molar-refractivity contribution is 5.98. The number of aromatic amines is 1. The highest BCUT2D eigenvalue weighted by Crippen LogP contribution is 2.18. The Morgan fingerprint density at radius 1 is 1.33 bits per heavy atom. The van der Waals surface area contributed by atoms with E-state index < -0.39 is 5.97 Å². The normalized spacial score (nSPS) is 11.3. The molecule has 0 saturated carbocycles. The van der Waals surface area contributed by atoms with Gasteiger partial charge in [0, 0.05) is 30.8 Å².